The lowest BCUT2D eigenvalue weighted by Gasteiger charge is -2.44. The van der Waals surface area contributed by atoms with Crippen molar-refractivity contribution in [1.29, 1.82) is 0 Å². The van der Waals surface area contributed by atoms with Crippen LogP contribution < -0.4 is 9.64 Å². The maximum atomic E-state index is 12.8. The largest absolute Gasteiger partial charge is 0.497 e. The van der Waals surface area contributed by atoms with Gasteiger partial charge in [-0.3, -0.25) is 9.69 Å². The summed E-state index contributed by atoms with van der Waals surface area (Å²) in [6.07, 6.45) is 0. The third-order valence-corrected chi connectivity index (χ3v) is 6.35. The van der Waals surface area contributed by atoms with Crippen molar-refractivity contribution in [2.24, 2.45) is 5.92 Å². The minimum absolute atomic E-state index is 0.0318. The molecule has 2 aliphatic heterocycles. The molecule has 3 rings (SSSR count). The van der Waals surface area contributed by atoms with Gasteiger partial charge in [0, 0.05) is 18.3 Å². The van der Waals surface area contributed by atoms with Crippen LogP contribution in [0.5, 0.6) is 5.75 Å². The quantitative estimate of drug-likeness (QED) is 0.814. The topological polar surface area (TPSA) is 66.9 Å². The number of methoxy groups -OCH3 is 1. The number of hydrogen-bond acceptors (Lipinski definition) is 5. The number of carbonyl (C=O) groups excluding carboxylic acids is 1. The second-order valence-electron chi connectivity index (χ2n) is 7.00. The molecular formula is C17H24N2O4S. The number of sulfone groups is 1. The molecule has 2 atom stereocenters. The van der Waals surface area contributed by atoms with Crippen molar-refractivity contribution in [3.63, 3.8) is 0 Å². The summed E-state index contributed by atoms with van der Waals surface area (Å²) in [4.78, 5) is 16.5. The average molecular weight is 352 g/mol. The Bertz CT molecular complexity index is 715. The smallest absolute Gasteiger partial charge is 0.241 e. The molecule has 132 valence electrons. The van der Waals surface area contributed by atoms with E-state index < -0.39 is 9.84 Å². The second-order valence-corrected chi connectivity index (χ2v) is 9.15. The Kier molecular flexibility index (Phi) is 4.57. The summed E-state index contributed by atoms with van der Waals surface area (Å²) in [6.45, 7) is 5.16. The maximum absolute atomic E-state index is 12.8. The number of hydrogen-bond donors (Lipinski definition) is 0. The molecule has 24 heavy (non-hydrogen) atoms. The van der Waals surface area contributed by atoms with Gasteiger partial charge in [0.1, 0.15) is 5.75 Å². The number of piperazine rings is 1. The number of ether oxygens (including phenoxy) is 1. The van der Waals surface area contributed by atoms with Crippen LogP contribution in [0.3, 0.4) is 0 Å². The fraction of sp³-hybridized carbons (Fsp3) is 0.588. The lowest BCUT2D eigenvalue weighted by molar-refractivity contribution is -0.123. The van der Waals surface area contributed by atoms with Gasteiger partial charge in [-0.1, -0.05) is 13.8 Å². The van der Waals surface area contributed by atoms with E-state index in [0.29, 0.717) is 11.7 Å². The first kappa shape index (κ1) is 17.2. The van der Waals surface area contributed by atoms with Crippen LogP contribution in [0.2, 0.25) is 0 Å². The van der Waals surface area contributed by atoms with Crippen molar-refractivity contribution >= 4 is 21.4 Å². The van der Waals surface area contributed by atoms with E-state index >= 15 is 0 Å². The van der Waals surface area contributed by atoms with E-state index in [1.165, 1.54) is 0 Å². The van der Waals surface area contributed by atoms with E-state index in [0.717, 1.165) is 12.2 Å². The molecule has 0 unspecified atom stereocenters. The Labute approximate surface area is 143 Å². The number of nitrogens with zero attached hydrogens (tertiary/aromatic N) is 2. The van der Waals surface area contributed by atoms with Gasteiger partial charge in [-0.15, -0.1) is 0 Å². The van der Waals surface area contributed by atoms with E-state index in [1.54, 1.807) is 24.1 Å². The van der Waals surface area contributed by atoms with Crippen LogP contribution in [0, 0.1) is 5.92 Å². The van der Waals surface area contributed by atoms with Gasteiger partial charge < -0.3 is 9.64 Å². The van der Waals surface area contributed by atoms with Gasteiger partial charge in [0.05, 0.1) is 31.2 Å². The average Bonchev–Trinajstić information content (AvgIpc) is 2.82. The molecule has 0 bridgehead atoms. The highest BCUT2D eigenvalue weighted by molar-refractivity contribution is 7.91. The minimum Gasteiger partial charge on any atom is -0.497 e. The van der Waals surface area contributed by atoms with Crippen LogP contribution in [-0.2, 0) is 14.6 Å². The minimum atomic E-state index is -3.13. The summed E-state index contributed by atoms with van der Waals surface area (Å²) >= 11 is 0. The number of amides is 1. The molecule has 0 aromatic heterocycles. The van der Waals surface area contributed by atoms with Crippen molar-refractivity contribution in [1.82, 2.24) is 4.90 Å². The molecule has 1 aromatic rings. The Morgan fingerprint density at radius 2 is 1.79 bits per heavy atom. The molecule has 2 heterocycles. The van der Waals surface area contributed by atoms with Crippen LogP contribution in [0.25, 0.3) is 0 Å². The zero-order valence-corrected chi connectivity index (χ0v) is 15.1. The van der Waals surface area contributed by atoms with E-state index in [-0.39, 0.29) is 36.0 Å². The van der Waals surface area contributed by atoms with Gasteiger partial charge in [0.15, 0.2) is 9.84 Å². The normalized spacial score (nSPS) is 26.7. The van der Waals surface area contributed by atoms with E-state index in [9.17, 15) is 13.2 Å². The number of carbonyl (C=O) groups is 1. The first-order valence-corrected chi connectivity index (χ1v) is 10.0. The van der Waals surface area contributed by atoms with Gasteiger partial charge in [-0.2, -0.15) is 0 Å². The van der Waals surface area contributed by atoms with Crippen molar-refractivity contribution in [3.8, 4) is 5.75 Å². The third kappa shape index (κ3) is 3.28. The highest BCUT2D eigenvalue weighted by atomic mass is 32.2. The van der Waals surface area contributed by atoms with Crippen LogP contribution in [0.4, 0.5) is 5.69 Å². The molecule has 0 radical (unpaired) electrons. The van der Waals surface area contributed by atoms with E-state index in [4.69, 9.17) is 4.74 Å². The monoisotopic (exact) mass is 352 g/mol. The van der Waals surface area contributed by atoms with Crippen LogP contribution in [-0.4, -0.2) is 63.0 Å². The first-order chi connectivity index (χ1) is 11.3. The van der Waals surface area contributed by atoms with Crippen LogP contribution in [0.15, 0.2) is 24.3 Å². The fourth-order valence-corrected chi connectivity index (χ4v) is 5.69. The summed E-state index contributed by atoms with van der Waals surface area (Å²) in [6, 6.07) is 6.78. The molecule has 6 nitrogen and oxygen atoms in total. The molecule has 2 aliphatic rings. The molecule has 0 spiro atoms. The predicted octanol–water partition coefficient (Wildman–Crippen LogP) is 1.17. The number of fused-ring (bicyclic) bond motifs is 1. The first-order valence-electron chi connectivity index (χ1n) is 8.21. The summed E-state index contributed by atoms with van der Waals surface area (Å²) in [7, 11) is -1.55. The van der Waals surface area contributed by atoms with Crippen molar-refractivity contribution < 1.29 is 17.9 Å². The Balaban J connectivity index is 1.94. The fourth-order valence-electron chi connectivity index (χ4n) is 3.71. The highest BCUT2D eigenvalue weighted by Gasteiger charge is 2.49. The second kappa shape index (κ2) is 6.37. The standard InChI is InChI=1S/C17H24N2O4S/c1-12(2)8-18-9-17(20)19(13-4-6-14(23-3)7-5-13)16-11-24(21,22)10-15(16)18/h4-7,12,15-16H,8-11H2,1-3H3/t15-,16+/m1/s1. The van der Waals surface area contributed by atoms with E-state index in [1.807, 2.05) is 17.0 Å². The van der Waals surface area contributed by atoms with Crippen LogP contribution in [0.1, 0.15) is 13.8 Å². The van der Waals surface area contributed by atoms with Crippen molar-refractivity contribution in [2.45, 2.75) is 25.9 Å². The zero-order chi connectivity index (χ0) is 17.5. The van der Waals surface area contributed by atoms with Gasteiger partial charge in [-0.05, 0) is 30.2 Å². The molecular weight excluding hydrogens is 328 g/mol. The van der Waals surface area contributed by atoms with Gasteiger partial charge in [-0.25, -0.2) is 8.42 Å². The number of rotatable bonds is 4. The Hall–Kier alpha value is -1.60. The van der Waals surface area contributed by atoms with Crippen molar-refractivity contribution in [2.75, 3.05) is 36.6 Å². The van der Waals surface area contributed by atoms with E-state index in [2.05, 4.69) is 13.8 Å². The Morgan fingerprint density at radius 1 is 1.17 bits per heavy atom. The summed E-state index contributed by atoms with van der Waals surface area (Å²) in [5.74, 6) is 1.21. The van der Waals surface area contributed by atoms with Crippen LogP contribution >= 0.6 is 0 Å². The van der Waals surface area contributed by atoms with Crippen molar-refractivity contribution in [3.05, 3.63) is 24.3 Å². The lowest BCUT2D eigenvalue weighted by Crippen LogP contribution is -2.62. The molecule has 2 saturated heterocycles. The highest BCUT2D eigenvalue weighted by Crippen LogP contribution is 2.32. The Morgan fingerprint density at radius 3 is 2.38 bits per heavy atom. The third-order valence-electron chi connectivity index (χ3n) is 4.65. The number of benzene rings is 1. The zero-order valence-electron chi connectivity index (χ0n) is 14.3. The summed E-state index contributed by atoms with van der Waals surface area (Å²) < 4.78 is 29.6. The summed E-state index contributed by atoms with van der Waals surface area (Å²) in [5.41, 5.74) is 0.733. The molecule has 7 heteroatoms. The molecule has 1 amide bonds. The number of anilines is 1. The maximum Gasteiger partial charge on any atom is 0.241 e. The SMILES string of the molecule is COc1ccc(N2C(=O)CN(CC(C)C)[C@@H]3CS(=O)(=O)C[C@@H]32)cc1. The van der Waals surface area contributed by atoms with Gasteiger partial charge in [0.2, 0.25) is 5.91 Å². The molecule has 0 aliphatic carbocycles. The summed E-state index contributed by atoms with van der Waals surface area (Å²) in [5, 5.41) is 0. The lowest BCUT2D eigenvalue weighted by atomic mass is 10.0. The molecule has 0 saturated carbocycles. The molecule has 1 aromatic carbocycles. The molecule has 0 N–H and O–H groups in total. The molecule has 2 fully saturated rings. The predicted molar refractivity (Wildman–Crippen MR) is 93.1 cm³/mol. The van der Waals surface area contributed by atoms with Gasteiger partial charge in [0.25, 0.3) is 0 Å². The van der Waals surface area contributed by atoms with Gasteiger partial charge >= 0.3 is 0 Å².